The monoisotopic (exact) mass is 454 g/mol. The SMILES string of the molecule is CN(C(=O)CSc1nncn1-c1ccccc1)[C@]1(c2ccccc2Cl)CCCCC1=O. The standard InChI is InChI=1S/C23H23ClN4O2S/c1-27(23(14-8-7-13-20(23)29)18-11-5-6-12-19(18)24)21(30)15-31-22-26-25-16-28(22)17-9-3-2-4-10-17/h2-6,9-12,16H,7-8,13-15H2,1H3/t23-/m0/s1. The van der Waals surface area contributed by atoms with Gasteiger partial charge < -0.3 is 4.90 Å². The van der Waals surface area contributed by atoms with Gasteiger partial charge in [-0.15, -0.1) is 10.2 Å². The number of rotatable bonds is 6. The first-order valence-corrected chi connectivity index (χ1v) is 11.5. The number of Topliss-reactive ketones (excluding diaryl/α,β-unsaturated/α-hetero) is 1. The molecule has 1 atom stereocenters. The van der Waals surface area contributed by atoms with Gasteiger partial charge in [-0.05, 0) is 37.5 Å². The van der Waals surface area contributed by atoms with E-state index >= 15 is 0 Å². The third kappa shape index (κ3) is 4.12. The molecule has 0 saturated heterocycles. The molecular weight excluding hydrogens is 432 g/mol. The molecule has 1 aliphatic carbocycles. The number of carbonyl (C=O) groups is 2. The Kier molecular flexibility index (Phi) is 6.43. The van der Waals surface area contributed by atoms with E-state index in [1.54, 1.807) is 24.3 Å². The van der Waals surface area contributed by atoms with Gasteiger partial charge in [0.1, 0.15) is 11.9 Å². The second-order valence-corrected chi connectivity index (χ2v) is 8.88. The summed E-state index contributed by atoms with van der Waals surface area (Å²) in [7, 11) is 1.71. The number of carbonyl (C=O) groups excluding carboxylic acids is 2. The van der Waals surface area contributed by atoms with Gasteiger partial charge >= 0.3 is 0 Å². The Hall–Kier alpha value is -2.64. The minimum absolute atomic E-state index is 0.0418. The molecule has 1 heterocycles. The van der Waals surface area contributed by atoms with Crippen molar-refractivity contribution in [3.63, 3.8) is 0 Å². The smallest absolute Gasteiger partial charge is 0.233 e. The molecule has 4 rings (SSSR count). The van der Waals surface area contributed by atoms with Gasteiger partial charge in [-0.3, -0.25) is 14.2 Å². The first-order valence-electron chi connectivity index (χ1n) is 10.2. The zero-order valence-corrected chi connectivity index (χ0v) is 18.8. The third-order valence-corrected chi connectivity index (χ3v) is 7.05. The van der Waals surface area contributed by atoms with Crippen molar-refractivity contribution < 1.29 is 9.59 Å². The van der Waals surface area contributed by atoms with Gasteiger partial charge in [-0.25, -0.2) is 0 Å². The number of hydrogen-bond donors (Lipinski definition) is 0. The fourth-order valence-corrected chi connectivity index (χ4v) is 5.29. The van der Waals surface area contributed by atoms with Crippen LogP contribution in [-0.4, -0.2) is 44.2 Å². The summed E-state index contributed by atoms with van der Waals surface area (Å²) in [6.07, 6.45) is 4.34. The number of para-hydroxylation sites is 1. The number of hydrogen-bond acceptors (Lipinski definition) is 5. The van der Waals surface area contributed by atoms with Crippen molar-refractivity contribution in [1.82, 2.24) is 19.7 Å². The van der Waals surface area contributed by atoms with Crippen LogP contribution in [0.3, 0.4) is 0 Å². The van der Waals surface area contributed by atoms with E-state index < -0.39 is 5.54 Å². The predicted molar refractivity (Wildman–Crippen MR) is 121 cm³/mol. The molecule has 1 amide bonds. The lowest BCUT2D eigenvalue weighted by Crippen LogP contribution is -2.54. The quantitative estimate of drug-likeness (QED) is 0.512. The zero-order chi connectivity index (χ0) is 21.8. The molecule has 2 aromatic carbocycles. The molecule has 1 fully saturated rings. The molecule has 8 heteroatoms. The average Bonchev–Trinajstić information content (AvgIpc) is 3.27. The van der Waals surface area contributed by atoms with Gasteiger partial charge in [0.05, 0.1) is 5.75 Å². The molecule has 0 N–H and O–H groups in total. The second kappa shape index (κ2) is 9.24. The van der Waals surface area contributed by atoms with Crippen molar-refractivity contribution in [2.75, 3.05) is 12.8 Å². The zero-order valence-electron chi connectivity index (χ0n) is 17.2. The number of ketones is 1. The molecule has 0 radical (unpaired) electrons. The van der Waals surface area contributed by atoms with Crippen LogP contribution in [0.25, 0.3) is 5.69 Å². The number of nitrogens with zero attached hydrogens (tertiary/aromatic N) is 4. The number of thioether (sulfide) groups is 1. The maximum Gasteiger partial charge on any atom is 0.233 e. The van der Waals surface area contributed by atoms with Crippen molar-refractivity contribution in [3.05, 3.63) is 71.5 Å². The Balaban J connectivity index is 1.58. The lowest BCUT2D eigenvalue weighted by atomic mass is 9.74. The van der Waals surface area contributed by atoms with Gasteiger partial charge in [-0.2, -0.15) is 0 Å². The normalized spacial score (nSPS) is 18.7. The van der Waals surface area contributed by atoms with Crippen molar-refractivity contribution in [3.8, 4) is 5.69 Å². The molecule has 1 aliphatic rings. The Morgan fingerprint density at radius 2 is 1.90 bits per heavy atom. The van der Waals surface area contributed by atoms with Crippen molar-refractivity contribution in [2.45, 2.75) is 36.4 Å². The highest BCUT2D eigenvalue weighted by Gasteiger charge is 2.47. The number of benzene rings is 2. The van der Waals surface area contributed by atoms with Gasteiger partial charge in [0, 0.05) is 29.7 Å². The van der Waals surface area contributed by atoms with Crippen LogP contribution < -0.4 is 0 Å². The lowest BCUT2D eigenvalue weighted by molar-refractivity contribution is -0.146. The van der Waals surface area contributed by atoms with Crippen LogP contribution >= 0.6 is 23.4 Å². The fraction of sp³-hybridized carbons (Fsp3) is 0.304. The lowest BCUT2D eigenvalue weighted by Gasteiger charge is -2.44. The van der Waals surface area contributed by atoms with Crippen LogP contribution in [0.1, 0.15) is 31.2 Å². The van der Waals surface area contributed by atoms with Gasteiger partial charge in [0.2, 0.25) is 5.91 Å². The molecule has 1 saturated carbocycles. The number of halogens is 1. The highest BCUT2D eigenvalue weighted by Crippen LogP contribution is 2.42. The number of amides is 1. The van der Waals surface area contributed by atoms with Crippen LogP contribution in [0.5, 0.6) is 0 Å². The molecule has 0 spiro atoms. The Labute approximate surface area is 190 Å². The van der Waals surface area contributed by atoms with E-state index in [0.717, 1.165) is 18.5 Å². The van der Waals surface area contributed by atoms with E-state index in [0.29, 0.717) is 28.6 Å². The van der Waals surface area contributed by atoms with Crippen molar-refractivity contribution in [1.29, 1.82) is 0 Å². The summed E-state index contributed by atoms with van der Waals surface area (Å²) >= 11 is 7.79. The summed E-state index contributed by atoms with van der Waals surface area (Å²) in [6, 6.07) is 17.0. The molecule has 31 heavy (non-hydrogen) atoms. The summed E-state index contributed by atoms with van der Waals surface area (Å²) < 4.78 is 1.84. The summed E-state index contributed by atoms with van der Waals surface area (Å²) in [6.45, 7) is 0. The van der Waals surface area contributed by atoms with Gasteiger partial charge in [-0.1, -0.05) is 59.8 Å². The van der Waals surface area contributed by atoms with Crippen LogP contribution in [0.4, 0.5) is 0 Å². The highest BCUT2D eigenvalue weighted by molar-refractivity contribution is 7.99. The minimum atomic E-state index is -1.03. The Morgan fingerprint density at radius 1 is 1.16 bits per heavy atom. The van der Waals surface area contributed by atoms with Crippen LogP contribution in [-0.2, 0) is 15.1 Å². The van der Waals surface area contributed by atoms with E-state index in [2.05, 4.69) is 10.2 Å². The maximum absolute atomic E-state index is 13.3. The van der Waals surface area contributed by atoms with E-state index in [-0.39, 0.29) is 17.4 Å². The number of likely N-dealkylation sites (N-methyl/N-ethyl adjacent to an activating group) is 1. The molecule has 3 aromatic rings. The molecule has 0 aliphatic heterocycles. The largest absolute Gasteiger partial charge is 0.328 e. The van der Waals surface area contributed by atoms with Crippen molar-refractivity contribution >= 4 is 35.1 Å². The summed E-state index contributed by atoms with van der Waals surface area (Å²) in [4.78, 5) is 28.1. The van der Waals surface area contributed by atoms with E-state index in [9.17, 15) is 9.59 Å². The first kappa shape index (κ1) is 21.6. The molecule has 6 nitrogen and oxygen atoms in total. The first-order chi connectivity index (χ1) is 15.0. The van der Waals surface area contributed by atoms with E-state index in [1.807, 2.05) is 53.1 Å². The van der Waals surface area contributed by atoms with Crippen LogP contribution in [0.2, 0.25) is 5.02 Å². The van der Waals surface area contributed by atoms with Crippen LogP contribution in [0, 0.1) is 0 Å². The van der Waals surface area contributed by atoms with Crippen LogP contribution in [0.15, 0.2) is 66.1 Å². The highest BCUT2D eigenvalue weighted by atomic mass is 35.5. The topological polar surface area (TPSA) is 68.1 Å². The maximum atomic E-state index is 13.3. The van der Waals surface area contributed by atoms with Gasteiger partial charge in [0.25, 0.3) is 0 Å². The molecule has 160 valence electrons. The molecule has 0 unspecified atom stereocenters. The van der Waals surface area contributed by atoms with E-state index in [4.69, 9.17) is 11.6 Å². The molecule has 0 bridgehead atoms. The minimum Gasteiger partial charge on any atom is -0.328 e. The van der Waals surface area contributed by atoms with E-state index in [1.165, 1.54) is 11.8 Å². The molecule has 1 aromatic heterocycles. The summed E-state index contributed by atoms with van der Waals surface area (Å²) in [5.41, 5.74) is 0.599. The third-order valence-electron chi connectivity index (χ3n) is 5.80. The Bertz CT molecular complexity index is 1090. The average molecular weight is 455 g/mol. The summed E-state index contributed by atoms with van der Waals surface area (Å²) in [5, 5.41) is 9.28. The fourth-order valence-electron chi connectivity index (χ4n) is 4.15. The van der Waals surface area contributed by atoms with Gasteiger partial charge in [0.15, 0.2) is 10.9 Å². The summed E-state index contributed by atoms with van der Waals surface area (Å²) in [5.74, 6) is 0.0320. The predicted octanol–water partition coefficient (Wildman–Crippen LogP) is 4.51. The molecular formula is C23H23ClN4O2S. The second-order valence-electron chi connectivity index (χ2n) is 7.53. The Morgan fingerprint density at radius 3 is 2.65 bits per heavy atom. The van der Waals surface area contributed by atoms with Crippen molar-refractivity contribution in [2.24, 2.45) is 0 Å². The number of aromatic nitrogens is 3.